The fourth-order valence-corrected chi connectivity index (χ4v) is 4.75. The number of urea groups is 1. The lowest BCUT2D eigenvalue weighted by Crippen LogP contribution is -2.36. The predicted octanol–water partition coefficient (Wildman–Crippen LogP) is 4.10. The van der Waals surface area contributed by atoms with Crippen LogP contribution in [0.1, 0.15) is 12.5 Å². The van der Waals surface area contributed by atoms with E-state index in [1.165, 1.54) is 6.33 Å². The first-order valence-corrected chi connectivity index (χ1v) is 11.6. The highest BCUT2D eigenvalue weighted by Gasteiger charge is 2.27. The lowest BCUT2D eigenvalue weighted by atomic mass is 9.96. The summed E-state index contributed by atoms with van der Waals surface area (Å²) in [6, 6.07) is 13.6. The number of aryl methyl sites for hydroxylation is 1. The molecule has 2 aromatic carbocycles. The number of nitrogen functional groups attached to an aromatic ring is 1. The van der Waals surface area contributed by atoms with Crippen molar-refractivity contribution in [2.24, 2.45) is 7.05 Å². The van der Waals surface area contributed by atoms with Gasteiger partial charge in [-0.15, -0.1) is 0 Å². The van der Waals surface area contributed by atoms with Gasteiger partial charge in [0.1, 0.15) is 17.8 Å². The lowest BCUT2D eigenvalue weighted by molar-refractivity contribution is -0.112. The second-order valence-corrected chi connectivity index (χ2v) is 8.85. The maximum Gasteiger partial charge on any atom is 0.321 e. The number of fused-ring (bicyclic) bond motifs is 2. The van der Waals surface area contributed by atoms with E-state index in [4.69, 9.17) is 5.73 Å². The molecule has 3 amide bonds. The number of hydrogen-bond acceptors (Lipinski definition) is 5. The van der Waals surface area contributed by atoms with Crippen LogP contribution in [0.4, 0.5) is 22.0 Å². The number of carbonyl (C=O) groups is 2. The maximum absolute atomic E-state index is 12.3. The number of carbonyl (C=O) groups excluding carboxylic acids is 2. The van der Waals surface area contributed by atoms with E-state index in [0.717, 1.165) is 51.1 Å². The molecule has 0 atom stereocenters. The minimum absolute atomic E-state index is 0.121. The van der Waals surface area contributed by atoms with E-state index >= 15 is 0 Å². The fraction of sp³-hybridized carbons (Fsp3) is 0.185. The Morgan fingerprint density at radius 1 is 1.08 bits per heavy atom. The molecular weight excluding hydrogens is 454 g/mol. The average Bonchev–Trinajstić information content (AvgIpc) is 3.43. The number of nitrogens with one attached hydrogen (secondary N) is 2. The van der Waals surface area contributed by atoms with E-state index < -0.39 is 0 Å². The van der Waals surface area contributed by atoms with Crippen molar-refractivity contribution >= 4 is 40.2 Å². The van der Waals surface area contributed by atoms with Gasteiger partial charge in [-0.1, -0.05) is 24.8 Å². The molecule has 0 saturated carbocycles. The summed E-state index contributed by atoms with van der Waals surface area (Å²) < 4.78 is 2.01. The first-order valence-electron chi connectivity index (χ1n) is 11.6. The topological polar surface area (TPSA) is 118 Å². The third-order valence-corrected chi connectivity index (χ3v) is 6.52. The minimum atomic E-state index is -0.222. The van der Waals surface area contributed by atoms with E-state index in [-0.39, 0.29) is 11.9 Å². The molecule has 0 aliphatic carbocycles. The van der Waals surface area contributed by atoms with Crippen LogP contribution >= 0.6 is 0 Å². The lowest BCUT2D eigenvalue weighted by Gasteiger charge is -2.17. The number of amides is 3. The summed E-state index contributed by atoms with van der Waals surface area (Å²) in [7, 11) is 3.58. The van der Waals surface area contributed by atoms with Gasteiger partial charge in [0, 0.05) is 43.2 Å². The Morgan fingerprint density at radius 3 is 2.50 bits per heavy atom. The van der Waals surface area contributed by atoms with Crippen molar-refractivity contribution < 1.29 is 9.59 Å². The van der Waals surface area contributed by atoms with E-state index in [1.807, 2.05) is 48.0 Å². The molecule has 3 heterocycles. The van der Waals surface area contributed by atoms with E-state index in [0.29, 0.717) is 23.6 Å². The van der Waals surface area contributed by atoms with E-state index in [2.05, 4.69) is 33.2 Å². The summed E-state index contributed by atoms with van der Waals surface area (Å²) in [4.78, 5) is 34.8. The van der Waals surface area contributed by atoms with Gasteiger partial charge in [-0.25, -0.2) is 14.8 Å². The molecule has 4 N–H and O–H groups in total. The SMILES string of the molecule is C=C(C)C(=O)Nc1ccc(-c2c(-c3ccc4c(c3)CCN4C(=O)NC)c3c(N)ncnc3n2C)cc1. The molecule has 5 rings (SSSR count). The van der Waals surface area contributed by atoms with Crippen LogP contribution in [-0.4, -0.2) is 40.1 Å². The Hall–Kier alpha value is -4.66. The van der Waals surface area contributed by atoms with Crippen LogP contribution in [0.25, 0.3) is 33.4 Å². The molecule has 0 fully saturated rings. The van der Waals surface area contributed by atoms with Gasteiger partial charge < -0.3 is 20.9 Å². The third-order valence-electron chi connectivity index (χ3n) is 6.52. The molecule has 4 aromatic rings. The predicted molar refractivity (Wildman–Crippen MR) is 143 cm³/mol. The van der Waals surface area contributed by atoms with Gasteiger partial charge in [-0.05, 0) is 54.3 Å². The van der Waals surface area contributed by atoms with Gasteiger partial charge in [0.05, 0.1) is 11.1 Å². The number of nitrogens with two attached hydrogens (primary N) is 1. The number of rotatable bonds is 4. The highest BCUT2D eigenvalue weighted by molar-refractivity contribution is 6.08. The zero-order chi connectivity index (χ0) is 25.6. The van der Waals surface area contributed by atoms with Crippen LogP contribution in [0, 0.1) is 0 Å². The van der Waals surface area contributed by atoms with Gasteiger partial charge in [0.15, 0.2) is 0 Å². The van der Waals surface area contributed by atoms with Crippen LogP contribution in [0.15, 0.2) is 60.9 Å². The van der Waals surface area contributed by atoms with Crippen LogP contribution in [-0.2, 0) is 18.3 Å². The second-order valence-electron chi connectivity index (χ2n) is 8.85. The van der Waals surface area contributed by atoms with Gasteiger partial charge in [-0.3, -0.25) is 9.69 Å². The molecule has 0 radical (unpaired) electrons. The Labute approximate surface area is 208 Å². The number of aromatic nitrogens is 3. The largest absolute Gasteiger partial charge is 0.383 e. The number of anilines is 3. The molecule has 36 heavy (non-hydrogen) atoms. The van der Waals surface area contributed by atoms with Gasteiger partial charge in [0.2, 0.25) is 0 Å². The zero-order valence-electron chi connectivity index (χ0n) is 20.4. The minimum Gasteiger partial charge on any atom is -0.383 e. The van der Waals surface area contributed by atoms with Crippen molar-refractivity contribution in [3.05, 3.63) is 66.5 Å². The summed E-state index contributed by atoms with van der Waals surface area (Å²) in [6.45, 7) is 5.98. The molecule has 9 nitrogen and oxygen atoms in total. The van der Waals surface area contributed by atoms with Crippen LogP contribution < -0.4 is 21.3 Å². The Bertz CT molecular complexity index is 1540. The first-order chi connectivity index (χ1) is 17.3. The molecule has 182 valence electrons. The number of benzene rings is 2. The quantitative estimate of drug-likeness (QED) is 0.379. The number of hydrogen-bond donors (Lipinski definition) is 3. The first kappa shape index (κ1) is 23.1. The van der Waals surface area contributed by atoms with Gasteiger partial charge in [0.25, 0.3) is 5.91 Å². The molecule has 0 unspecified atom stereocenters. The second kappa shape index (κ2) is 8.84. The molecule has 9 heteroatoms. The highest BCUT2D eigenvalue weighted by atomic mass is 16.2. The van der Waals surface area contributed by atoms with E-state index in [1.54, 1.807) is 18.9 Å². The monoisotopic (exact) mass is 481 g/mol. The molecule has 0 saturated heterocycles. The average molecular weight is 482 g/mol. The Morgan fingerprint density at radius 2 is 1.81 bits per heavy atom. The zero-order valence-corrected chi connectivity index (χ0v) is 20.4. The van der Waals surface area contributed by atoms with Crippen LogP contribution in [0.2, 0.25) is 0 Å². The smallest absolute Gasteiger partial charge is 0.321 e. The molecular formula is C27H27N7O2. The third kappa shape index (κ3) is 3.74. The van der Waals surface area contributed by atoms with Crippen LogP contribution in [0.5, 0.6) is 0 Å². The summed E-state index contributed by atoms with van der Waals surface area (Å²) in [5.74, 6) is 0.176. The molecule has 2 aromatic heterocycles. The summed E-state index contributed by atoms with van der Waals surface area (Å²) in [5.41, 5.74) is 14.0. The van der Waals surface area contributed by atoms with Crippen molar-refractivity contribution in [1.29, 1.82) is 0 Å². The van der Waals surface area contributed by atoms with Crippen molar-refractivity contribution in [2.75, 3.05) is 29.5 Å². The molecule has 0 bridgehead atoms. The highest BCUT2D eigenvalue weighted by Crippen LogP contribution is 2.43. The van der Waals surface area contributed by atoms with Crippen LogP contribution in [0.3, 0.4) is 0 Å². The molecule has 1 aliphatic heterocycles. The van der Waals surface area contributed by atoms with Crippen molar-refractivity contribution in [3.8, 4) is 22.4 Å². The normalized spacial score (nSPS) is 12.5. The fourth-order valence-electron chi connectivity index (χ4n) is 4.75. The van der Waals surface area contributed by atoms with Crippen molar-refractivity contribution in [3.63, 3.8) is 0 Å². The number of nitrogens with zero attached hydrogens (tertiary/aromatic N) is 4. The molecule has 0 spiro atoms. The summed E-state index contributed by atoms with van der Waals surface area (Å²) in [6.07, 6.45) is 2.23. The Balaban J connectivity index is 1.66. The standard InChI is InChI=1S/C27H27N7O2/c1-15(2)26(35)32-19-8-5-16(6-9-19)23-21(22-24(28)30-14-31-25(22)33(23)4)18-7-10-20-17(13-18)11-12-34(20)27(36)29-3/h5-10,13-14H,1,11-12H2,2-4H3,(H,29,36)(H,32,35)(H2,28,30,31). The summed E-state index contributed by atoms with van der Waals surface area (Å²) in [5, 5.41) is 6.31. The molecule has 1 aliphatic rings. The van der Waals surface area contributed by atoms with Gasteiger partial charge in [-0.2, -0.15) is 0 Å². The van der Waals surface area contributed by atoms with Crippen molar-refractivity contribution in [2.45, 2.75) is 13.3 Å². The maximum atomic E-state index is 12.3. The summed E-state index contributed by atoms with van der Waals surface area (Å²) >= 11 is 0. The Kier molecular flexibility index (Phi) is 5.68. The van der Waals surface area contributed by atoms with Gasteiger partial charge >= 0.3 is 6.03 Å². The van der Waals surface area contributed by atoms with E-state index in [9.17, 15) is 9.59 Å². The van der Waals surface area contributed by atoms with Crippen molar-refractivity contribution in [1.82, 2.24) is 19.9 Å².